The third kappa shape index (κ3) is 1.88. The average molecular weight is 266 g/mol. The van der Waals surface area contributed by atoms with Gasteiger partial charge in [-0.2, -0.15) is 0 Å². The quantitative estimate of drug-likeness (QED) is 0.902. The van der Waals surface area contributed by atoms with Crippen LogP contribution in [0.25, 0.3) is 11.0 Å². The summed E-state index contributed by atoms with van der Waals surface area (Å²) in [7, 11) is 1.66. The van der Waals surface area contributed by atoms with Crippen molar-refractivity contribution in [3.05, 3.63) is 29.0 Å². The normalized spacial score (nSPS) is 20.2. The first-order valence-corrected chi connectivity index (χ1v) is 6.63. The summed E-state index contributed by atoms with van der Waals surface area (Å²) in [5, 5.41) is 5.16. The number of rotatable bonds is 2. The second kappa shape index (κ2) is 4.82. The van der Waals surface area contributed by atoms with E-state index in [1.54, 1.807) is 13.4 Å². The van der Waals surface area contributed by atoms with Crippen LogP contribution in [0.5, 0.6) is 5.75 Å². The second-order valence-corrected chi connectivity index (χ2v) is 5.07. The van der Waals surface area contributed by atoms with E-state index in [1.807, 2.05) is 12.1 Å². The fourth-order valence-electron chi connectivity index (χ4n) is 2.66. The summed E-state index contributed by atoms with van der Waals surface area (Å²) in [4.78, 5) is 0. The van der Waals surface area contributed by atoms with E-state index in [1.165, 1.54) is 12.8 Å². The summed E-state index contributed by atoms with van der Waals surface area (Å²) < 4.78 is 10.8. The fraction of sp³-hybridized carbons (Fsp3) is 0.429. The van der Waals surface area contributed by atoms with E-state index in [9.17, 15) is 0 Å². The molecule has 3 nitrogen and oxygen atoms in total. The molecule has 0 saturated carbocycles. The van der Waals surface area contributed by atoms with Gasteiger partial charge in [0.2, 0.25) is 0 Å². The van der Waals surface area contributed by atoms with Crippen LogP contribution in [0.15, 0.2) is 22.8 Å². The standard InChI is InChI=1S/C14H16ClNO2/c1-17-12-7-11(9-3-2-5-16-8-9)13(15)10-4-6-18-14(10)12/h4,6-7,9,16H,2-3,5,8H2,1H3. The molecule has 4 heteroatoms. The Morgan fingerprint density at radius 2 is 2.39 bits per heavy atom. The predicted molar refractivity (Wildman–Crippen MR) is 72.6 cm³/mol. The number of methoxy groups -OCH3 is 1. The number of nitrogens with one attached hydrogen (secondary N) is 1. The highest BCUT2D eigenvalue weighted by Gasteiger charge is 2.22. The molecule has 1 aliphatic rings. The topological polar surface area (TPSA) is 34.4 Å². The van der Waals surface area contributed by atoms with Gasteiger partial charge in [0.05, 0.1) is 18.4 Å². The molecule has 1 fully saturated rings. The molecule has 1 aromatic carbocycles. The number of hydrogen-bond acceptors (Lipinski definition) is 3. The van der Waals surface area contributed by atoms with Crippen molar-refractivity contribution >= 4 is 22.6 Å². The molecule has 2 aromatic rings. The number of hydrogen-bond donors (Lipinski definition) is 1. The minimum atomic E-state index is 0.458. The van der Waals surface area contributed by atoms with Crippen molar-refractivity contribution in [3.8, 4) is 5.75 Å². The molecule has 96 valence electrons. The predicted octanol–water partition coefficient (Wildman–Crippen LogP) is 3.56. The first kappa shape index (κ1) is 11.9. The van der Waals surface area contributed by atoms with Crippen molar-refractivity contribution in [2.45, 2.75) is 18.8 Å². The zero-order valence-electron chi connectivity index (χ0n) is 10.3. The van der Waals surface area contributed by atoms with E-state index in [0.29, 0.717) is 5.92 Å². The Bertz CT molecular complexity index is 558. The Hall–Kier alpha value is -1.19. The molecule has 1 aliphatic heterocycles. The highest BCUT2D eigenvalue weighted by atomic mass is 35.5. The molecular formula is C14H16ClNO2. The van der Waals surface area contributed by atoms with Gasteiger partial charge >= 0.3 is 0 Å². The number of benzene rings is 1. The van der Waals surface area contributed by atoms with Crippen LogP contribution in [0.1, 0.15) is 24.3 Å². The molecular weight excluding hydrogens is 250 g/mol. The van der Waals surface area contributed by atoms with Crippen molar-refractivity contribution in [2.75, 3.05) is 20.2 Å². The number of piperidine rings is 1. The van der Waals surface area contributed by atoms with Crippen LogP contribution < -0.4 is 10.1 Å². The SMILES string of the molecule is COc1cc(C2CCCNC2)c(Cl)c2ccoc12. The van der Waals surface area contributed by atoms with Gasteiger partial charge in [-0.1, -0.05) is 11.6 Å². The first-order valence-electron chi connectivity index (χ1n) is 6.25. The van der Waals surface area contributed by atoms with Crippen LogP contribution in [-0.4, -0.2) is 20.2 Å². The molecule has 0 aliphatic carbocycles. The Kier molecular flexibility index (Phi) is 3.18. The van der Waals surface area contributed by atoms with Crippen LogP contribution in [0, 0.1) is 0 Å². The van der Waals surface area contributed by atoms with E-state index < -0.39 is 0 Å². The second-order valence-electron chi connectivity index (χ2n) is 4.69. The molecule has 2 heterocycles. The zero-order valence-corrected chi connectivity index (χ0v) is 11.1. The van der Waals surface area contributed by atoms with Crippen molar-refractivity contribution in [2.24, 2.45) is 0 Å². The van der Waals surface area contributed by atoms with E-state index >= 15 is 0 Å². The zero-order chi connectivity index (χ0) is 12.5. The third-order valence-corrected chi connectivity index (χ3v) is 4.04. The van der Waals surface area contributed by atoms with Crippen LogP contribution in [0.4, 0.5) is 0 Å². The molecule has 1 atom stereocenters. The smallest absolute Gasteiger partial charge is 0.177 e. The number of fused-ring (bicyclic) bond motifs is 1. The van der Waals surface area contributed by atoms with Crippen molar-refractivity contribution in [1.29, 1.82) is 0 Å². The van der Waals surface area contributed by atoms with Gasteiger partial charge in [-0.05, 0) is 43.0 Å². The molecule has 1 saturated heterocycles. The summed E-state index contributed by atoms with van der Waals surface area (Å²) in [6.45, 7) is 2.07. The lowest BCUT2D eigenvalue weighted by molar-refractivity contribution is 0.407. The molecule has 0 bridgehead atoms. The number of furan rings is 1. The highest BCUT2D eigenvalue weighted by molar-refractivity contribution is 6.36. The van der Waals surface area contributed by atoms with Gasteiger partial charge in [0, 0.05) is 11.9 Å². The Morgan fingerprint density at radius 1 is 1.50 bits per heavy atom. The van der Waals surface area contributed by atoms with E-state index in [-0.39, 0.29) is 0 Å². The summed E-state index contributed by atoms with van der Waals surface area (Å²) in [5.74, 6) is 1.22. The van der Waals surface area contributed by atoms with Crippen LogP contribution in [-0.2, 0) is 0 Å². The van der Waals surface area contributed by atoms with Gasteiger partial charge in [-0.25, -0.2) is 0 Å². The Labute approximate surface area is 111 Å². The Morgan fingerprint density at radius 3 is 3.11 bits per heavy atom. The van der Waals surface area contributed by atoms with Gasteiger partial charge < -0.3 is 14.5 Å². The van der Waals surface area contributed by atoms with Crippen molar-refractivity contribution in [3.63, 3.8) is 0 Å². The lowest BCUT2D eigenvalue weighted by Gasteiger charge is -2.24. The van der Waals surface area contributed by atoms with Gasteiger partial charge in [0.15, 0.2) is 11.3 Å². The maximum absolute atomic E-state index is 6.50. The summed E-state index contributed by atoms with van der Waals surface area (Å²) in [6, 6.07) is 3.92. The third-order valence-electron chi connectivity index (χ3n) is 3.62. The summed E-state index contributed by atoms with van der Waals surface area (Å²) in [5.41, 5.74) is 1.89. The molecule has 1 N–H and O–H groups in total. The minimum Gasteiger partial charge on any atom is -0.493 e. The van der Waals surface area contributed by atoms with Gasteiger partial charge in [0.25, 0.3) is 0 Å². The largest absolute Gasteiger partial charge is 0.493 e. The lowest BCUT2D eigenvalue weighted by atomic mass is 9.90. The van der Waals surface area contributed by atoms with Gasteiger partial charge in [0.1, 0.15) is 0 Å². The molecule has 3 rings (SSSR count). The average Bonchev–Trinajstić information content (AvgIpc) is 2.90. The lowest BCUT2D eigenvalue weighted by Crippen LogP contribution is -2.28. The number of ether oxygens (including phenoxy) is 1. The van der Waals surface area contributed by atoms with Crippen LogP contribution >= 0.6 is 11.6 Å². The fourth-order valence-corrected chi connectivity index (χ4v) is 3.02. The van der Waals surface area contributed by atoms with E-state index in [0.717, 1.165) is 40.4 Å². The first-order chi connectivity index (χ1) is 8.81. The van der Waals surface area contributed by atoms with Crippen LogP contribution in [0.3, 0.4) is 0 Å². The molecule has 0 radical (unpaired) electrons. The maximum atomic E-state index is 6.50. The molecule has 18 heavy (non-hydrogen) atoms. The summed E-state index contributed by atoms with van der Waals surface area (Å²) in [6.07, 6.45) is 4.01. The van der Waals surface area contributed by atoms with E-state index in [2.05, 4.69) is 5.32 Å². The molecule has 1 unspecified atom stereocenters. The Balaban J connectivity index is 2.12. The van der Waals surface area contributed by atoms with Crippen molar-refractivity contribution < 1.29 is 9.15 Å². The van der Waals surface area contributed by atoms with E-state index in [4.69, 9.17) is 20.8 Å². The van der Waals surface area contributed by atoms with Crippen LogP contribution in [0.2, 0.25) is 5.02 Å². The van der Waals surface area contributed by atoms with Crippen molar-refractivity contribution in [1.82, 2.24) is 5.32 Å². The maximum Gasteiger partial charge on any atom is 0.177 e. The highest BCUT2D eigenvalue weighted by Crippen LogP contribution is 2.40. The molecule has 0 amide bonds. The van der Waals surface area contributed by atoms with Gasteiger partial charge in [-0.15, -0.1) is 0 Å². The monoisotopic (exact) mass is 265 g/mol. The summed E-state index contributed by atoms with van der Waals surface area (Å²) >= 11 is 6.50. The number of halogens is 1. The van der Waals surface area contributed by atoms with Gasteiger partial charge in [-0.3, -0.25) is 0 Å². The minimum absolute atomic E-state index is 0.458. The molecule has 0 spiro atoms. The molecule has 1 aromatic heterocycles.